The molecule has 0 aromatic heterocycles. The number of benzene rings is 1. The Hall–Kier alpha value is -1.73. The second-order valence-electron chi connectivity index (χ2n) is 6.72. The van der Waals surface area contributed by atoms with Crippen molar-refractivity contribution in [3.8, 4) is 11.5 Å². The van der Waals surface area contributed by atoms with Gasteiger partial charge in [-0.15, -0.1) is 0 Å². The minimum Gasteiger partial charge on any atom is -0.493 e. The smallest absolute Gasteiger partial charge is 0.422 e. The summed E-state index contributed by atoms with van der Waals surface area (Å²) in [7, 11) is 3.40. The van der Waals surface area contributed by atoms with Crippen LogP contribution in [0.2, 0.25) is 0 Å². The Morgan fingerprint density at radius 3 is 2.76 bits per heavy atom. The van der Waals surface area contributed by atoms with E-state index in [-0.39, 0.29) is 23.0 Å². The number of hydrogen-bond acceptors (Lipinski definition) is 4. The lowest BCUT2D eigenvalue weighted by Gasteiger charge is -2.39. The van der Waals surface area contributed by atoms with Gasteiger partial charge >= 0.3 is 6.18 Å². The summed E-state index contributed by atoms with van der Waals surface area (Å²) in [5.41, 5.74) is 0.541. The fraction of sp³-hybridized carbons (Fsp3) is 0.556. The number of hydrogen-bond donors (Lipinski definition) is 1. The summed E-state index contributed by atoms with van der Waals surface area (Å²) >= 11 is 0. The van der Waals surface area contributed by atoms with Gasteiger partial charge in [-0.25, -0.2) is 0 Å². The third-order valence-corrected chi connectivity index (χ3v) is 5.18. The maximum absolute atomic E-state index is 12.5. The molecule has 2 aliphatic rings. The summed E-state index contributed by atoms with van der Waals surface area (Å²) in [4.78, 5) is 2.19. The number of likely N-dealkylation sites (tertiary alicyclic amines) is 1. The Morgan fingerprint density at radius 2 is 2.08 bits per heavy atom. The van der Waals surface area contributed by atoms with E-state index in [2.05, 4.69) is 4.90 Å². The summed E-state index contributed by atoms with van der Waals surface area (Å²) in [5.74, 6) is 0.353. The molecular weight excluding hydrogens is 335 g/mol. The number of ether oxygens (including phenoxy) is 2. The number of methoxy groups -OCH3 is 1. The number of fused-ring (bicyclic) bond motifs is 1. The van der Waals surface area contributed by atoms with Crippen LogP contribution < -0.4 is 9.47 Å². The van der Waals surface area contributed by atoms with Crippen LogP contribution in [0.5, 0.6) is 11.5 Å². The Bertz CT molecular complexity index is 661. The van der Waals surface area contributed by atoms with Crippen LogP contribution in [0.15, 0.2) is 30.4 Å². The molecule has 138 valence electrons. The lowest BCUT2D eigenvalue weighted by atomic mass is 9.69. The van der Waals surface area contributed by atoms with Gasteiger partial charge in [-0.3, -0.25) is 0 Å². The van der Waals surface area contributed by atoms with Crippen molar-refractivity contribution in [3.63, 3.8) is 0 Å². The lowest BCUT2D eigenvalue weighted by molar-refractivity contribution is -0.153. The number of nitrogens with zero attached hydrogens (tertiary/aromatic N) is 1. The molecule has 0 spiro atoms. The first-order valence-corrected chi connectivity index (χ1v) is 8.21. The third kappa shape index (κ3) is 3.48. The zero-order chi connectivity index (χ0) is 18.2. The van der Waals surface area contributed by atoms with Crippen molar-refractivity contribution in [1.82, 2.24) is 4.90 Å². The van der Waals surface area contributed by atoms with Crippen LogP contribution in [0.25, 0.3) is 0 Å². The van der Waals surface area contributed by atoms with Crippen LogP contribution in [0, 0.1) is 0 Å². The van der Waals surface area contributed by atoms with E-state index in [1.165, 1.54) is 7.11 Å². The molecule has 0 bridgehead atoms. The molecule has 4 nitrogen and oxygen atoms in total. The minimum absolute atomic E-state index is 0.0829. The largest absolute Gasteiger partial charge is 0.493 e. The maximum atomic E-state index is 12.5. The van der Waals surface area contributed by atoms with Gasteiger partial charge in [0.1, 0.15) is 0 Å². The zero-order valence-electron chi connectivity index (χ0n) is 14.2. The zero-order valence-corrected chi connectivity index (χ0v) is 14.2. The Labute approximate surface area is 144 Å². The molecule has 1 aromatic rings. The van der Waals surface area contributed by atoms with Gasteiger partial charge in [0.2, 0.25) is 0 Å². The number of aliphatic hydroxyl groups excluding tert-OH is 1. The fourth-order valence-corrected chi connectivity index (χ4v) is 3.92. The van der Waals surface area contributed by atoms with E-state index < -0.39 is 18.9 Å². The second-order valence-corrected chi connectivity index (χ2v) is 6.72. The Balaban J connectivity index is 1.97. The molecule has 0 saturated carbocycles. The molecule has 0 radical (unpaired) electrons. The predicted octanol–water partition coefficient (Wildman–Crippen LogP) is 2.90. The minimum atomic E-state index is -4.41. The molecule has 0 unspecified atom stereocenters. The first kappa shape index (κ1) is 18.1. The van der Waals surface area contributed by atoms with Gasteiger partial charge in [0, 0.05) is 11.5 Å². The molecule has 1 aromatic carbocycles. The van der Waals surface area contributed by atoms with Gasteiger partial charge in [-0.2, -0.15) is 13.2 Å². The molecule has 1 aliphatic carbocycles. The van der Waals surface area contributed by atoms with E-state index in [4.69, 9.17) is 9.47 Å². The van der Waals surface area contributed by atoms with E-state index in [1.54, 1.807) is 18.2 Å². The summed E-state index contributed by atoms with van der Waals surface area (Å²) < 4.78 is 47.7. The summed E-state index contributed by atoms with van der Waals surface area (Å²) in [6.45, 7) is -0.510. The first-order chi connectivity index (χ1) is 11.7. The highest BCUT2D eigenvalue weighted by atomic mass is 19.4. The first-order valence-electron chi connectivity index (χ1n) is 8.21. The molecule has 3 atom stereocenters. The van der Waals surface area contributed by atoms with Crippen molar-refractivity contribution in [1.29, 1.82) is 0 Å². The summed E-state index contributed by atoms with van der Waals surface area (Å²) in [5, 5.41) is 9.96. The van der Waals surface area contributed by atoms with E-state index in [1.807, 2.05) is 19.2 Å². The van der Waals surface area contributed by atoms with Crippen molar-refractivity contribution in [2.45, 2.75) is 36.6 Å². The van der Waals surface area contributed by atoms with Crippen molar-refractivity contribution >= 4 is 0 Å². The van der Waals surface area contributed by atoms with E-state index in [0.717, 1.165) is 18.5 Å². The molecule has 3 rings (SSSR count). The van der Waals surface area contributed by atoms with Crippen molar-refractivity contribution < 1.29 is 27.8 Å². The maximum Gasteiger partial charge on any atom is 0.422 e. The average Bonchev–Trinajstić information content (AvgIpc) is 2.90. The van der Waals surface area contributed by atoms with Crippen LogP contribution in [-0.2, 0) is 5.41 Å². The molecule has 1 fully saturated rings. The molecule has 1 heterocycles. The Kier molecular flexibility index (Phi) is 4.72. The molecule has 1 aliphatic heterocycles. The standard InChI is InChI=1S/C18H22F3NO3/c1-22-8-7-17(6-5-13(23)10-16(17)22)12-3-4-14(24-2)15(9-12)25-11-18(19,20)21/h3-6,9,13,16,23H,7-8,10-11H2,1-2H3/t13-,16+,17+/m1/s1. The normalized spacial score (nSPS) is 29.5. The van der Waals surface area contributed by atoms with Gasteiger partial charge < -0.3 is 19.5 Å². The molecular formula is C18H22F3NO3. The van der Waals surface area contributed by atoms with Gasteiger partial charge in [0.15, 0.2) is 18.1 Å². The highest BCUT2D eigenvalue weighted by Gasteiger charge is 2.48. The number of alkyl halides is 3. The molecule has 7 heteroatoms. The molecule has 25 heavy (non-hydrogen) atoms. The highest BCUT2D eigenvalue weighted by Crippen LogP contribution is 2.47. The highest BCUT2D eigenvalue weighted by molar-refractivity contribution is 5.48. The van der Waals surface area contributed by atoms with E-state index >= 15 is 0 Å². The van der Waals surface area contributed by atoms with Gasteiger partial charge in [0.25, 0.3) is 0 Å². The van der Waals surface area contributed by atoms with E-state index in [0.29, 0.717) is 6.42 Å². The third-order valence-electron chi connectivity index (χ3n) is 5.18. The van der Waals surface area contributed by atoms with Crippen molar-refractivity contribution in [2.24, 2.45) is 0 Å². The SMILES string of the molecule is COc1ccc([C@@]23C=C[C@@H](O)C[C@@H]2N(C)CC3)cc1OCC(F)(F)F. The summed E-state index contributed by atoms with van der Waals surface area (Å²) in [6, 6.07) is 5.24. The number of rotatable bonds is 4. The van der Waals surface area contributed by atoms with Gasteiger partial charge in [0.05, 0.1) is 13.2 Å². The monoisotopic (exact) mass is 357 g/mol. The summed E-state index contributed by atoms with van der Waals surface area (Å²) in [6.07, 6.45) is 0.281. The van der Waals surface area contributed by atoms with Crippen LogP contribution >= 0.6 is 0 Å². The average molecular weight is 357 g/mol. The number of likely N-dealkylation sites (N-methyl/N-ethyl adjacent to an activating group) is 1. The predicted molar refractivity (Wildman–Crippen MR) is 87.0 cm³/mol. The van der Waals surface area contributed by atoms with Crippen LogP contribution in [0.3, 0.4) is 0 Å². The fourth-order valence-electron chi connectivity index (χ4n) is 3.92. The van der Waals surface area contributed by atoms with E-state index in [9.17, 15) is 18.3 Å². The molecule has 0 amide bonds. The number of halogens is 3. The van der Waals surface area contributed by atoms with Crippen molar-refractivity contribution in [2.75, 3.05) is 27.3 Å². The van der Waals surface area contributed by atoms with Gasteiger partial charge in [-0.05, 0) is 44.1 Å². The number of aliphatic hydroxyl groups is 1. The van der Waals surface area contributed by atoms with Crippen molar-refractivity contribution in [3.05, 3.63) is 35.9 Å². The Morgan fingerprint density at radius 1 is 1.32 bits per heavy atom. The quantitative estimate of drug-likeness (QED) is 0.842. The van der Waals surface area contributed by atoms with Crippen LogP contribution in [-0.4, -0.2) is 55.6 Å². The second kappa shape index (κ2) is 6.53. The molecule has 1 saturated heterocycles. The van der Waals surface area contributed by atoms with Crippen LogP contribution in [0.1, 0.15) is 18.4 Å². The molecule has 1 N–H and O–H groups in total. The topological polar surface area (TPSA) is 41.9 Å². The van der Waals surface area contributed by atoms with Crippen LogP contribution in [0.4, 0.5) is 13.2 Å². The lowest BCUT2D eigenvalue weighted by Crippen LogP contribution is -2.44. The van der Waals surface area contributed by atoms with Gasteiger partial charge in [-0.1, -0.05) is 18.2 Å².